The van der Waals surface area contributed by atoms with E-state index < -0.39 is 0 Å². The van der Waals surface area contributed by atoms with Crippen LogP contribution < -0.4 is 4.90 Å². The van der Waals surface area contributed by atoms with Gasteiger partial charge in [-0.25, -0.2) is 9.97 Å². The first-order valence-electron chi connectivity index (χ1n) is 8.54. The van der Waals surface area contributed by atoms with E-state index in [1.165, 1.54) is 0 Å². The third-order valence-electron chi connectivity index (χ3n) is 4.22. The monoisotopic (exact) mass is 327 g/mol. The van der Waals surface area contributed by atoms with Gasteiger partial charge in [0.1, 0.15) is 17.5 Å². The van der Waals surface area contributed by atoms with E-state index in [0.717, 1.165) is 43.6 Å². The molecule has 2 aromatic heterocycles. The summed E-state index contributed by atoms with van der Waals surface area (Å²) in [5, 5.41) is 0. The SMILES string of the molecule is Cc1nc(N2CCN(C(=O)CC(C)C)CC2)cc(-n2cccc2)n1. The molecule has 2 aromatic rings. The van der Waals surface area contributed by atoms with Crippen LogP contribution in [0.4, 0.5) is 5.82 Å². The number of carbonyl (C=O) groups is 1. The third-order valence-corrected chi connectivity index (χ3v) is 4.22. The van der Waals surface area contributed by atoms with E-state index in [-0.39, 0.29) is 5.91 Å². The maximum atomic E-state index is 12.2. The molecule has 128 valence electrons. The molecule has 6 heteroatoms. The zero-order valence-electron chi connectivity index (χ0n) is 14.6. The Hall–Kier alpha value is -2.37. The molecule has 1 fully saturated rings. The number of nitrogens with zero attached hydrogens (tertiary/aromatic N) is 5. The van der Waals surface area contributed by atoms with Crippen LogP contribution in [0, 0.1) is 12.8 Å². The van der Waals surface area contributed by atoms with Crippen molar-refractivity contribution in [1.29, 1.82) is 0 Å². The highest BCUT2D eigenvalue weighted by atomic mass is 16.2. The first kappa shape index (κ1) is 16.5. The number of aryl methyl sites for hydroxylation is 1. The molecular weight excluding hydrogens is 302 g/mol. The first-order valence-corrected chi connectivity index (χ1v) is 8.54. The zero-order chi connectivity index (χ0) is 17.1. The molecule has 0 aliphatic carbocycles. The molecule has 3 rings (SSSR count). The fourth-order valence-electron chi connectivity index (χ4n) is 2.98. The van der Waals surface area contributed by atoms with Crippen molar-refractivity contribution in [3.05, 3.63) is 36.4 Å². The van der Waals surface area contributed by atoms with Crippen LogP contribution in [0.3, 0.4) is 0 Å². The Morgan fingerprint density at radius 3 is 2.33 bits per heavy atom. The second kappa shape index (κ2) is 7.03. The van der Waals surface area contributed by atoms with Gasteiger partial charge in [-0.1, -0.05) is 13.8 Å². The maximum Gasteiger partial charge on any atom is 0.222 e. The van der Waals surface area contributed by atoms with E-state index in [0.29, 0.717) is 12.3 Å². The summed E-state index contributed by atoms with van der Waals surface area (Å²) in [5.41, 5.74) is 0. The molecule has 0 N–H and O–H groups in total. The summed E-state index contributed by atoms with van der Waals surface area (Å²) in [6.07, 6.45) is 4.59. The fourth-order valence-corrected chi connectivity index (χ4v) is 2.98. The van der Waals surface area contributed by atoms with Crippen LogP contribution in [0.5, 0.6) is 0 Å². The quantitative estimate of drug-likeness (QED) is 0.864. The predicted molar refractivity (Wildman–Crippen MR) is 94.3 cm³/mol. The van der Waals surface area contributed by atoms with Crippen molar-refractivity contribution in [2.75, 3.05) is 31.1 Å². The van der Waals surface area contributed by atoms with E-state index in [4.69, 9.17) is 0 Å². The lowest BCUT2D eigenvalue weighted by molar-refractivity contribution is -0.132. The van der Waals surface area contributed by atoms with Crippen molar-refractivity contribution in [3.63, 3.8) is 0 Å². The summed E-state index contributed by atoms with van der Waals surface area (Å²) in [4.78, 5) is 25.5. The Morgan fingerprint density at radius 2 is 1.71 bits per heavy atom. The van der Waals surface area contributed by atoms with E-state index in [9.17, 15) is 4.79 Å². The van der Waals surface area contributed by atoms with Gasteiger partial charge in [0.25, 0.3) is 0 Å². The molecule has 3 heterocycles. The molecule has 1 amide bonds. The van der Waals surface area contributed by atoms with E-state index in [1.807, 2.05) is 47.0 Å². The van der Waals surface area contributed by atoms with Gasteiger partial charge in [-0.15, -0.1) is 0 Å². The number of amides is 1. The lowest BCUT2D eigenvalue weighted by Crippen LogP contribution is -2.49. The summed E-state index contributed by atoms with van der Waals surface area (Å²) in [6.45, 7) is 9.22. The third kappa shape index (κ3) is 3.75. The summed E-state index contributed by atoms with van der Waals surface area (Å²) in [5.74, 6) is 3.23. The van der Waals surface area contributed by atoms with Gasteiger partial charge in [0.15, 0.2) is 0 Å². The van der Waals surface area contributed by atoms with Gasteiger partial charge in [0, 0.05) is 51.1 Å². The van der Waals surface area contributed by atoms with Gasteiger partial charge in [-0.2, -0.15) is 0 Å². The Balaban J connectivity index is 1.69. The fraction of sp³-hybridized carbons (Fsp3) is 0.500. The molecule has 0 unspecified atom stereocenters. The summed E-state index contributed by atoms with van der Waals surface area (Å²) in [6, 6.07) is 5.98. The van der Waals surface area contributed by atoms with E-state index >= 15 is 0 Å². The number of aromatic nitrogens is 3. The molecule has 0 aromatic carbocycles. The summed E-state index contributed by atoms with van der Waals surface area (Å²) in [7, 11) is 0. The smallest absolute Gasteiger partial charge is 0.222 e. The van der Waals surface area contributed by atoms with Crippen molar-refractivity contribution in [2.24, 2.45) is 5.92 Å². The van der Waals surface area contributed by atoms with Crippen molar-refractivity contribution in [1.82, 2.24) is 19.4 Å². The minimum Gasteiger partial charge on any atom is -0.353 e. The number of rotatable bonds is 4. The van der Waals surface area contributed by atoms with E-state index in [2.05, 4.69) is 28.7 Å². The Labute approximate surface area is 143 Å². The maximum absolute atomic E-state index is 12.2. The lowest BCUT2D eigenvalue weighted by Gasteiger charge is -2.36. The van der Waals surface area contributed by atoms with Crippen LogP contribution in [-0.2, 0) is 4.79 Å². The van der Waals surface area contributed by atoms with Crippen LogP contribution in [0.1, 0.15) is 26.1 Å². The molecule has 6 nitrogen and oxygen atoms in total. The summed E-state index contributed by atoms with van der Waals surface area (Å²) >= 11 is 0. The molecule has 0 spiro atoms. The Kier molecular flexibility index (Phi) is 4.83. The van der Waals surface area contributed by atoms with Crippen LogP contribution in [0.2, 0.25) is 0 Å². The molecule has 0 saturated carbocycles. The average Bonchev–Trinajstić information content (AvgIpc) is 3.08. The summed E-state index contributed by atoms with van der Waals surface area (Å²) < 4.78 is 1.99. The molecule has 0 atom stereocenters. The number of hydrogen-bond acceptors (Lipinski definition) is 4. The number of hydrogen-bond donors (Lipinski definition) is 0. The van der Waals surface area contributed by atoms with Gasteiger partial charge in [0.2, 0.25) is 5.91 Å². The van der Waals surface area contributed by atoms with Crippen LogP contribution in [0.25, 0.3) is 5.82 Å². The van der Waals surface area contributed by atoms with Crippen LogP contribution >= 0.6 is 0 Å². The average molecular weight is 327 g/mol. The Morgan fingerprint density at radius 1 is 1.08 bits per heavy atom. The van der Waals surface area contributed by atoms with Crippen molar-refractivity contribution >= 4 is 11.7 Å². The van der Waals surface area contributed by atoms with Gasteiger partial charge in [0.05, 0.1) is 0 Å². The van der Waals surface area contributed by atoms with Gasteiger partial charge in [-0.3, -0.25) is 4.79 Å². The van der Waals surface area contributed by atoms with Gasteiger partial charge < -0.3 is 14.4 Å². The highest BCUT2D eigenvalue weighted by molar-refractivity contribution is 5.76. The second-order valence-electron chi connectivity index (χ2n) is 6.69. The standard InChI is InChI=1S/C18H25N5O/c1-14(2)12-18(24)23-10-8-22(9-11-23)17-13-16(19-15(3)20-17)21-6-4-5-7-21/h4-7,13-14H,8-12H2,1-3H3. The zero-order valence-corrected chi connectivity index (χ0v) is 14.6. The molecule has 0 bridgehead atoms. The normalized spacial score (nSPS) is 15.2. The molecule has 1 saturated heterocycles. The topological polar surface area (TPSA) is 54.3 Å². The van der Waals surface area contributed by atoms with Gasteiger partial charge >= 0.3 is 0 Å². The van der Waals surface area contributed by atoms with Crippen LogP contribution in [-0.4, -0.2) is 51.5 Å². The van der Waals surface area contributed by atoms with Crippen LogP contribution in [0.15, 0.2) is 30.6 Å². The minimum atomic E-state index is 0.261. The van der Waals surface area contributed by atoms with E-state index in [1.54, 1.807) is 0 Å². The largest absolute Gasteiger partial charge is 0.353 e. The van der Waals surface area contributed by atoms with Crippen molar-refractivity contribution < 1.29 is 4.79 Å². The Bertz CT molecular complexity index is 687. The number of carbonyl (C=O) groups excluding carboxylic acids is 1. The molecular formula is C18H25N5O. The highest BCUT2D eigenvalue weighted by Crippen LogP contribution is 2.18. The van der Waals surface area contributed by atoms with Crippen molar-refractivity contribution in [3.8, 4) is 5.82 Å². The first-order chi connectivity index (χ1) is 11.5. The minimum absolute atomic E-state index is 0.261. The molecule has 24 heavy (non-hydrogen) atoms. The van der Waals surface area contributed by atoms with Crippen molar-refractivity contribution in [2.45, 2.75) is 27.2 Å². The molecule has 1 aliphatic heterocycles. The highest BCUT2D eigenvalue weighted by Gasteiger charge is 2.22. The van der Waals surface area contributed by atoms with Gasteiger partial charge in [-0.05, 0) is 25.0 Å². The number of piperazine rings is 1. The second-order valence-corrected chi connectivity index (χ2v) is 6.69. The predicted octanol–water partition coefficient (Wildman–Crippen LogP) is 2.27. The lowest BCUT2D eigenvalue weighted by atomic mass is 10.1. The molecule has 0 radical (unpaired) electrons. The number of anilines is 1. The molecule has 1 aliphatic rings.